The van der Waals surface area contributed by atoms with Crippen molar-refractivity contribution in [2.75, 3.05) is 13.6 Å². The Hall–Kier alpha value is -0.240. The second kappa shape index (κ2) is 2.56. The summed E-state index contributed by atoms with van der Waals surface area (Å²) in [6.07, 6.45) is 1.12. The molecule has 52 valence electrons. The van der Waals surface area contributed by atoms with Crippen LogP contribution in [0.15, 0.2) is 4.99 Å². The van der Waals surface area contributed by atoms with Gasteiger partial charge in [0.25, 0.3) is 0 Å². The van der Waals surface area contributed by atoms with Crippen molar-refractivity contribution < 1.29 is 0 Å². The van der Waals surface area contributed by atoms with E-state index < -0.39 is 0 Å². The minimum Gasteiger partial charge on any atom is -0.345 e. The zero-order valence-corrected chi connectivity index (χ0v) is 6.52. The number of hydrogen-bond acceptors (Lipinski definition) is 2. The monoisotopic (exact) mass is 146 g/mol. The molecule has 0 aliphatic carbocycles. The van der Waals surface area contributed by atoms with Crippen molar-refractivity contribution in [2.45, 2.75) is 19.4 Å². The second-order valence-corrected chi connectivity index (χ2v) is 2.62. The average molecular weight is 147 g/mol. The Morgan fingerprint density at radius 3 is 2.78 bits per heavy atom. The van der Waals surface area contributed by atoms with Crippen LogP contribution in [0.4, 0.5) is 0 Å². The summed E-state index contributed by atoms with van der Waals surface area (Å²) in [6.45, 7) is 3.01. The number of likely N-dealkylation sites (N-methyl/N-ethyl adjacent to an activating group) is 1. The van der Waals surface area contributed by atoms with E-state index in [0.717, 1.165) is 13.0 Å². The van der Waals surface area contributed by atoms with Gasteiger partial charge in [0.15, 0.2) is 5.29 Å². The van der Waals surface area contributed by atoms with Gasteiger partial charge >= 0.3 is 0 Å². The van der Waals surface area contributed by atoms with Crippen molar-refractivity contribution in [1.29, 1.82) is 0 Å². The number of rotatable bonds is 1. The lowest BCUT2D eigenvalue weighted by atomic mass is 10.2. The van der Waals surface area contributed by atoms with E-state index in [4.69, 9.17) is 11.6 Å². The Bertz CT molecular complexity index is 133. The maximum atomic E-state index is 5.71. The van der Waals surface area contributed by atoms with Crippen molar-refractivity contribution in [2.24, 2.45) is 4.99 Å². The van der Waals surface area contributed by atoms with Crippen LogP contribution in [-0.4, -0.2) is 29.8 Å². The molecule has 1 aliphatic heterocycles. The third kappa shape index (κ3) is 1.18. The van der Waals surface area contributed by atoms with Gasteiger partial charge < -0.3 is 4.90 Å². The molecule has 0 unspecified atom stereocenters. The fraction of sp³-hybridized carbons (Fsp3) is 0.833. The normalized spacial score (nSPS) is 26.8. The molecule has 0 fully saturated rings. The van der Waals surface area contributed by atoms with Gasteiger partial charge in [0.2, 0.25) is 0 Å². The molecule has 1 aliphatic rings. The largest absolute Gasteiger partial charge is 0.345 e. The van der Waals surface area contributed by atoms with Crippen LogP contribution in [0.1, 0.15) is 13.3 Å². The van der Waals surface area contributed by atoms with E-state index in [2.05, 4.69) is 11.9 Å². The highest BCUT2D eigenvalue weighted by molar-refractivity contribution is 6.64. The molecule has 0 saturated heterocycles. The van der Waals surface area contributed by atoms with Crippen LogP contribution in [0, 0.1) is 0 Å². The zero-order valence-electron chi connectivity index (χ0n) is 5.76. The molecule has 9 heavy (non-hydrogen) atoms. The van der Waals surface area contributed by atoms with Crippen molar-refractivity contribution in [3.8, 4) is 0 Å². The number of aliphatic imine (C=N–C) groups is 1. The van der Waals surface area contributed by atoms with Crippen LogP contribution in [-0.2, 0) is 0 Å². The molecule has 2 nitrogen and oxygen atoms in total. The summed E-state index contributed by atoms with van der Waals surface area (Å²) in [6, 6.07) is 0.539. The van der Waals surface area contributed by atoms with E-state index in [1.54, 1.807) is 0 Å². The first-order valence-corrected chi connectivity index (χ1v) is 3.56. The third-order valence-corrected chi connectivity index (χ3v) is 2.13. The number of halogens is 1. The van der Waals surface area contributed by atoms with Crippen LogP contribution in [0.3, 0.4) is 0 Å². The molecule has 1 rings (SSSR count). The van der Waals surface area contributed by atoms with Gasteiger partial charge in [-0.2, -0.15) is 0 Å². The van der Waals surface area contributed by atoms with E-state index in [1.165, 1.54) is 0 Å². The molecule has 0 N–H and O–H groups in total. The SMILES string of the molecule is CC[C@@H]1CN=C(Cl)N1C. The minimum atomic E-state index is 0.539. The van der Waals surface area contributed by atoms with Gasteiger partial charge in [0.05, 0.1) is 12.6 Å². The fourth-order valence-electron chi connectivity index (χ4n) is 0.968. The number of amidine groups is 1. The lowest BCUT2D eigenvalue weighted by Gasteiger charge is -2.18. The molecule has 0 aromatic rings. The van der Waals surface area contributed by atoms with Gasteiger partial charge in [-0.15, -0.1) is 0 Å². The highest BCUT2D eigenvalue weighted by Gasteiger charge is 2.20. The summed E-state index contributed by atoms with van der Waals surface area (Å²) in [5.41, 5.74) is 0. The first-order valence-electron chi connectivity index (χ1n) is 3.18. The molecule has 0 spiro atoms. The van der Waals surface area contributed by atoms with Gasteiger partial charge in [0.1, 0.15) is 0 Å². The molecule has 0 bridgehead atoms. The first kappa shape index (κ1) is 6.87. The van der Waals surface area contributed by atoms with E-state index in [9.17, 15) is 0 Å². The molecule has 1 heterocycles. The van der Waals surface area contributed by atoms with E-state index in [-0.39, 0.29) is 0 Å². The summed E-state index contributed by atoms with van der Waals surface area (Å²) in [7, 11) is 1.98. The molecule has 0 aromatic heterocycles. The van der Waals surface area contributed by atoms with E-state index in [1.807, 2.05) is 11.9 Å². The predicted octanol–water partition coefficient (Wildman–Crippen LogP) is 1.31. The van der Waals surface area contributed by atoms with Crippen molar-refractivity contribution in [3.05, 3.63) is 0 Å². The number of hydrogen-bond donors (Lipinski definition) is 0. The molecular weight excluding hydrogens is 136 g/mol. The maximum Gasteiger partial charge on any atom is 0.194 e. The van der Waals surface area contributed by atoms with Crippen molar-refractivity contribution >= 4 is 16.9 Å². The Morgan fingerprint density at radius 2 is 2.56 bits per heavy atom. The summed E-state index contributed by atoms with van der Waals surface area (Å²) in [5.74, 6) is 0. The van der Waals surface area contributed by atoms with E-state index >= 15 is 0 Å². The van der Waals surface area contributed by atoms with E-state index in [0.29, 0.717) is 11.3 Å². The van der Waals surface area contributed by atoms with Gasteiger partial charge in [-0.25, -0.2) is 0 Å². The van der Waals surface area contributed by atoms with Crippen LogP contribution in [0.5, 0.6) is 0 Å². The summed E-state index contributed by atoms with van der Waals surface area (Å²) < 4.78 is 0. The molecule has 0 radical (unpaired) electrons. The summed E-state index contributed by atoms with van der Waals surface area (Å²) in [4.78, 5) is 6.09. The smallest absolute Gasteiger partial charge is 0.194 e. The van der Waals surface area contributed by atoms with Crippen LogP contribution in [0.2, 0.25) is 0 Å². The Morgan fingerprint density at radius 1 is 1.89 bits per heavy atom. The minimum absolute atomic E-state index is 0.539. The van der Waals surface area contributed by atoms with Gasteiger partial charge in [-0.3, -0.25) is 4.99 Å². The highest BCUT2D eigenvalue weighted by atomic mass is 35.5. The fourth-order valence-corrected chi connectivity index (χ4v) is 1.18. The van der Waals surface area contributed by atoms with Crippen molar-refractivity contribution in [1.82, 2.24) is 4.90 Å². The lowest BCUT2D eigenvalue weighted by molar-refractivity contribution is 0.398. The van der Waals surface area contributed by atoms with Gasteiger partial charge in [-0.1, -0.05) is 6.92 Å². The van der Waals surface area contributed by atoms with Crippen LogP contribution >= 0.6 is 11.6 Å². The Kier molecular flexibility index (Phi) is 1.96. The lowest BCUT2D eigenvalue weighted by Crippen LogP contribution is -2.29. The molecule has 0 saturated carbocycles. The summed E-state index contributed by atoms with van der Waals surface area (Å²) in [5, 5.41) is 0.654. The van der Waals surface area contributed by atoms with Gasteiger partial charge in [-0.05, 0) is 18.0 Å². The standard InChI is InChI=1S/C6H11ClN2/c1-3-5-4-8-6(7)9(5)2/h5H,3-4H2,1-2H3/t5-/m1/s1. The summed E-state index contributed by atoms with van der Waals surface area (Å²) >= 11 is 5.71. The van der Waals surface area contributed by atoms with Crippen LogP contribution in [0.25, 0.3) is 0 Å². The third-order valence-electron chi connectivity index (χ3n) is 1.74. The first-order chi connectivity index (χ1) is 4.25. The molecule has 0 aromatic carbocycles. The molecule has 3 heteroatoms. The van der Waals surface area contributed by atoms with Crippen molar-refractivity contribution in [3.63, 3.8) is 0 Å². The predicted molar refractivity (Wildman–Crippen MR) is 40.0 cm³/mol. The molecular formula is C6H11ClN2. The Balaban J connectivity index is 2.51. The highest BCUT2D eigenvalue weighted by Crippen LogP contribution is 2.12. The quantitative estimate of drug-likeness (QED) is 0.510. The topological polar surface area (TPSA) is 15.6 Å². The molecule has 1 atom stereocenters. The number of nitrogens with zero attached hydrogens (tertiary/aromatic N) is 2. The van der Waals surface area contributed by atoms with Crippen LogP contribution < -0.4 is 0 Å². The van der Waals surface area contributed by atoms with Gasteiger partial charge in [0, 0.05) is 7.05 Å². The second-order valence-electron chi connectivity index (χ2n) is 2.28. The average Bonchev–Trinajstić information content (AvgIpc) is 2.15. The maximum absolute atomic E-state index is 5.71. The molecule has 0 amide bonds. The zero-order chi connectivity index (χ0) is 6.85. The Labute approximate surface area is 60.5 Å².